The highest BCUT2D eigenvalue weighted by Crippen LogP contribution is 2.17. The Labute approximate surface area is 99.6 Å². The van der Waals surface area contributed by atoms with E-state index < -0.39 is 0 Å². The third kappa shape index (κ3) is 8.72. The summed E-state index contributed by atoms with van der Waals surface area (Å²) in [7, 11) is 0. The van der Waals surface area contributed by atoms with Crippen LogP contribution in [0.5, 0.6) is 0 Å². The van der Waals surface area contributed by atoms with Crippen LogP contribution in [0.15, 0.2) is 0 Å². The van der Waals surface area contributed by atoms with Crippen LogP contribution in [-0.4, -0.2) is 24.2 Å². The van der Waals surface area contributed by atoms with Crippen LogP contribution in [0, 0.1) is 11.8 Å². The van der Waals surface area contributed by atoms with Crippen LogP contribution >= 0.6 is 0 Å². The van der Waals surface area contributed by atoms with E-state index in [9.17, 15) is 9.90 Å². The minimum absolute atomic E-state index is 0.126. The van der Waals surface area contributed by atoms with Crippen LogP contribution < -0.4 is 5.32 Å². The minimum Gasteiger partial charge on any atom is -0.396 e. The molecule has 0 aliphatic heterocycles. The van der Waals surface area contributed by atoms with Gasteiger partial charge < -0.3 is 10.4 Å². The zero-order valence-electron chi connectivity index (χ0n) is 11.0. The van der Waals surface area contributed by atoms with E-state index in [-0.39, 0.29) is 5.91 Å². The molecule has 0 radical (unpaired) electrons. The topological polar surface area (TPSA) is 49.3 Å². The first kappa shape index (κ1) is 15.4. The summed E-state index contributed by atoms with van der Waals surface area (Å²) in [4.78, 5) is 11.0. The van der Waals surface area contributed by atoms with Gasteiger partial charge in [-0.25, -0.2) is 0 Å². The highest BCUT2D eigenvalue weighted by molar-refractivity contribution is 5.75. The molecule has 0 aliphatic carbocycles. The fourth-order valence-electron chi connectivity index (χ4n) is 1.86. The fraction of sp³-hybridized carbons (Fsp3) is 0.923. The predicted molar refractivity (Wildman–Crippen MR) is 67.2 cm³/mol. The van der Waals surface area contributed by atoms with Crippen LogP contribution in [0.4, 0.5) is 0 Å². The minimum atomic E-state index is 0.126. The van der Waals surface area contributed by atoms with Gasteiger partial charge in [0.1, 0.15) is 0 Å². The van der Waals surface area contributed by atoms with Crippen LogP contribution in [0.25, 0.3) is 0 Å². The highest BCUT2D eigenvalue weighted by atomic mass is 16.3. The summed E-state index contributed by atoms with van der Waals surface area (Å²) in [5, 5.41) is 12.1. The van der Waals surface area contributed by atoms with E-state index in [0.29, 0.717) is 24.9 Å². The van der Waals surface area contributed by atoms with Crippen LogP contribution in [-0.2, 0) is 4.79 Å². The number of aliphatic hydroxyl groups is 1. The number of carbonyl (C=O) groups excluding carboxylic acids is 1. The maximum absolute atomic E-state index is 11.0. The van der Waals surface area contributed by atoms with Crippen molar-refractivity contribution in [2.45, 2.75) is 52.9 Å². The second-order valence-corrected chi connectivity index (χ2v) is 4.88. The van der Waals surface area contributed by atoms with Crippen molar-refractivity contribution in [2.24, 2.45) is 11.8 Å². The molecule has 0 aromatic rings. The van der Waals surface area contributed by atoms with Gasteiger partial charge in [0.05, 0.1) is 0 Å². The Hall–Kier alpha value is -0.570. The monoisotopic (exact) mass is 229 g/mol. The van der Waals surface area contributed by atoms with Gasteiger partial charge in [0, 0.05) is 19.6 Å². The molecule has 3 nitrogen and oxygen atoms in total. The molecule has 0 spiro atoms. The van der Waals surface area contributed by atoms with Gasteiger partial charge in [-0.3, -0.25) is 4.79 Å². The molecule has 0 heterocycles. The molecular weight excluding hydrogens is 202 g/mol. The smallest absolute Gasteiger partial charge is 0.219 e. The lowest BCUT2D eigenvalue weighted by atomic mass is 9.93. The van der Waals surface area contributed by atoms with Gasteiger partial charge >= 0.3 is 0 Å². The Balaban J connectivity index is 3.44. The molecule has 0 saturated carbocycles. The molecule has 1 unspecified atom stereocenters. The maximum atomic E-state index is 11.0. The number of hydrogen-bond acceptors (Lipinski definition) is 2. The van der Waals surface area contributed by atoms with Gasteiger partial charge in [0.25, 0.3) is 0 Å². The van der Waals surface area contributed by atoms with Gasteiger partial charge in [-0.05, 0) is 31.1 Å². The fourth-order valence-corrected chi connectivity index (χ4v) is 1.86. The Morgan fingerprint density at radius 3 is 2.50 bits per heavy atom. The number of amides is 1. The average molecular weight is 229 g/mol. The first-order valence-electron chi connectivity index (χ1n) is 6.47. The van der Waals surface area contributed by atoms with E-state index in [1.54, 1.807) is 0 Å². The lowest BCUT2D eigenvalue weighted by molar-refractivity contribution is -0.120. The molecular formula is C13H27NO2. The van der Waals surface area contributed by atoms with E-state index in [1.807, 2.05) is 6.92 Å². The summed E-state index contributed by atoms with van der Waals surface area (Å²) in [6.07, 6.45) is 4.82. The Morgan fingerprint density at radius 1 is 1.31 bits per heavy atom. The number of unbranched alkanes of at least 4 members (excludes halogenated alkanes) is 1. The second-order valence-electron chi connectivity index (χ2n) is 4.88. The summed E-state index contributed by atoms with van der Waals surface area (Å²) in [6.45, 7) is 7.29. The molecule has 96 valence electrons. The van der Waals surface area contributed by atoms with Crippen molar-refractivity contribution >= 4 is 5.91 Å². The standard InChI is InChI=1S/C13H27NO2/c1-4-13(16)14-8-6-5-7-12(10-15)9-11(2)3/h11-12,15H,4-10H2,1-3H3,(H,14,16). The number of nitrogens with one attached hydrogen (secondary N) is 1. The zero-order chi connectivity index (χ0) is 12.4. The summed E-state index contributed by atoms with van der Waals surface area (Å²) in [5.41, 5.74) is 0. The number of carbonyl (C=O) groups is 1. The van der Waals surface area contributed by atoms with E-state index in [4.69, 9.17) is 0 Å². The second kappa shape index (κ2) is 9.64. The molecule has 0 bridgehead atoms. The SMILES string of the molecule is CCC(=O)NCCCCC(CO)CC(C)C. The Kier molecular flexibility index (Phi) is 9.30. The van der Waals surface area contributed by atoms with Crippen molar-refractivity contribution < 1.29 is 9.90 Å². The van der Waals surface area contributed by atoms with Crippen LogP contribution in [0.1, 0.15) is 52.9 Å². The van der Waals surface area contributed by atoms with Crippen LogP contribution in [0.3, 0.4) is 0 Å². The molecule has 1 atom stereocenters. The normalized spacial score (nSPS) is 12.8. The maximum Gasteiger partial charge on any atom is 0.219 e. The van der Waals surface area contributed by atoms with Crippen molar-refractivity contribution in [3.63, 3.8) is 0 Å². The van der Waals surface area contributed by atoms with Crippen molar-refractivity contribution in [1.82, 2.24) is 5.32 Å². The number of aliphatic hydroxyl groups excluding tert-OH is 1. The van der Waals surface area contributed by atoms with Crippen LogP contribution in [0.2, 0.25) is 0 Å². The van der Waals surface area contributed by atoms with Gasteiger partial charge in [0.15, 0.2) is 0 Å². The number of hydrogen-bond donors (Lipinski definition) is 2. The first-order valence-corrected chi connectivity index (χ1v) is 6.47. The molecule has 0 rings (SSSR count). The lowest BCUT2D eigenvalue weighted by Gasteiger charge is -2.16. The van der Waals surface area contributed by atoms with Gasteiger partial charge in [-0.2, -0.15) is 0 Å². The lowest BCUT2D eigenvalue weighted by Crippen LogP contribution is -2.23. The molecule has 1 amide bonds. The van der Waals surface area contributed by atoms with Crippen molar-refractivity contribution in [1.29, 1.82) is 0 Å². The third-order valence-electron chi connectivity index (χ3n) is 2.75. The van der Waals surface area contributed by atoms with E-state index in [1.165, 1.54) is 0 Å². The molecule has 0 fully saturated rings. The van der Waals surface area contributed by atoms with Gasteiger partial charge in [-0.15, -0.1) is 0 Å². The van der Waals surface area contributed by atoms with Gasteiger partial charge in [0.2, 0.25) is 5.91 Å². The predicted octanol–water partition coefficient (Wildman–Crippen LogP) is 2.34. The quantitative estimate of drug-likeness (QED) is 0.596. The molecule has 2 N–H and O–H groups in total. The van der Waals surface area contributed by atoms with Crippen molar-refractivity contribution in [3.8, 4) is 0 Å². The summed E-state index contributed by atoms with van der Waals surface area (Å²) in [5.74, 6) is 1.21. The summed E-state index contributed by atoms with van der Waals surface area (Å²) >= 11 is 0. The van der Waals surface area contributed by atoms with E-state index >= 15 is 0 Å². The third-order valence-corrected chi connectivity index (χ3v) is 2.75. The van der Waals surface area contributed by atoms with Gasteiger partial charge in [-0.1, -0.05) is 27.2 Å². The van der Waals surface area contributed by atoms with E-state index in [2.05, 4.69) is 19.2 Å². The van der Waals surface area contributed by atoms with E-state index in [0.717, 1.165) is 32.2 Å². The average Bonchev–Trinajstić information content (AvgIpc) is 2.26. The first-order chi connectivity index (χ1) is 7.60. The number of rotatable bonds is 9. The summed E-state index contributed by atoms with van der Waals surface area (Å²) in [6, 6.07) is 0. The largest absolute Gasteiger partial charge is 0.396 e. The molecule has 0 aromatic heterocycles. The summed E-state index contributed by atoms with van der Waals surface area (Å²) < 4.78 is 0. The molecule has 3 heteroatoms. The Morgan fingerprint density at radius 2 is 2.00 bits per heavy atom. The zero-order valence-corrected chi connectivity index (χ0v) is 11.0. The van der Waals surface area contributed by atoms with Crippen molar-refractivity contribution in [3.05, 3.63) is 0 Å². The molecule has 0 aromatic carbocycles. The molecule has 0 saturated heterocycles. The molecule has 0 aliphatic rings. The molecule has 16 heavy (non-hydrogen) atoms. The Bertz CT molecular complexity index is 181. The van der Waals surface area contributed by atoms with Crippen molar-refractivity contribution in [2.75, 3.05) is 13.2 Å². The highest BCUT2D eigenvalue weighted by Gasteiger charge is 2.09.